The van der Waals surface area contributed by atoms with Crippen LogP contribution in [0.25, 0.3) is 0 Å². The van der Waals surface area contributed by atoms with Crippen LogP contribution in [-0.4, -0.2) is 25.8 Å². The van der Waals surface area contributed by atoms with Crippen LogP contribution in [0.1, 0.15) is 27.3 Å². The fraction of sp³-hybridized carbons (Fsp3) is 0.308. The van der Waals surface area contributed by atoms with Crippen LogP contribution in [0.15, 0.2) is 12.3 Å². The predicted octanol–water partition coefficient (Wildman–Crippen LogP) is 1.88. The Morgan fingerprint density at radius 2 is 2.20 bits per heavy atom. The summed E-state index contributed by atoms with van der Waals surface area (Å²) < 4.78 is 15.6. The lowest BCUT2D eigenvalue weighted by atomic mass is 10.2. The van der Waals surface area contributed by atoms with E-state index in [-0.39, 0.29) is 5.82 Å². The van der Waals surface area contributed by atoms with Crippen LogP contribution in [0.5, 0.6) is 0 Å². The third-order valence-electron chi connectivity index (χ3n) is 3.21. The molecule has 0 saturated carbocycles. The molecule has 7 heteroatoms. The fourth-order valence-corrected chi connectivity index (χ4v) is 1.98. The van der Waals surface area contributed by atoms with Gasteiger partial charge in [0.2, 0.25) is 0 Å². The number of hydrogen-bond donors (Lipinski definition) is 2. The lowest BCUT2D eigenvalue weighted by Gasteiger charge is -2.08. The Morgan fingerprint density at radius 3 is 2.75 bits per heavy atom. The largest absolute Gasteiger partial charge is 0.478 e. The van der Waals surface area contributed by atoms with E-state index in [0.717, 1.165) is 23.0 Å². The van der Waals surface area contributed by atoms with E-state index in [1.807, 2.05) is 20.9 Å². The molecule has 6 nitrogen and oxygen atoms in total. The first kappa shape index (κ1) is 14.0. The van der Waals surface area contributed by atoms with E-state index in [2.05, 4.69) is 15.4 Å². The van der Waals surface area contributed by atoms with Gasteiger partial charge in [-0.1, -0.05) is 0 Å². The number of hydrogen-bond acceptors (Lipinski definition) is 4. The summed E-state index contributed by atoms with van der Waals surface area (Å²) in [7, 11) is 1.83. The molecule has 0 aliphatic rings. The van der Waals surface area contributed by atoms with Crippen LogP contribution in [0, 0.1) is 19.7 Å². The van der Waals surface area contributed by atoms with E-state index >= 15 is 0 Å². The van der Waals surface area contributed by atoms with Crippen molar-refractivity contribution in [2.75, 3.05) is 5.32 Å². The Labute approximate surface area is 115 Å². The first-order valence-electron chi connectivity index (χ1n) is 6.02. The number of halogens is 1. The second-order valence-electron chi connectivity index (χ2n) is 4.45. The zero-order valence-corrected chi connectivity index (χ0v) is 11.4. The number of aromatic carboxylic acids is 1. The second-order valence-corrected chi connectivity index (χ2v) is 4.45. The summed E-state index contributed by atoms with van der Waals surface area (Å²) in [4.78, 5) is 14.7. The van der Waals surface area contributed by atoms with Gasteiger partial charge in [0.05, 0.1) is 5.69 Å². The fourth-order valence-electron chi connectivity index (χ4n) is 1.98. The van der Waals surface area contributed by atoms with Crippen LogP contribution in [0.3, 0.4) is 0 Å². The lowest BCUT2D eigenvalue weighted by Crippen LogP contribution is -2.09. The summed E-state index contributed by atoms with van der Waals surface area (Å²) in [5, 5.41) is 15.9. The minimum Gasteiger partial charge on any atom is -0.478 e. The van der Waals surface area contributed by atoms with Gasteiger partial charge >= 0.3 is 5.97 Å². The Balaban J connectivity index is 2.23. The smallest absolute Gasteiger partial charge is 0.338 e. The molecule has 2 aromatic rings. The molecular formula is C13H15FN4O2. The molecule has 0 saturated heterocycles. The van der Waals surface area contributed by atoms with Crippen molar-refractivity contribution in [3.8, 4) is 0 Å². The molecule has 0 amide bonds. The molecule has 20 heavy (non-hydrogen) atoms. The van der Waals surface area contributed by atoms with E-state index in [4.69, 9.17) is 5.11 Å². The van der Waals surface area contributed by atoms with Crippen molar-refractivity contribution in [3.05, 3.63) is 40.6 Å². The molecule has 2 rings (SSSR count). The van der Waals surface area contributed by atoms with Gasteiger partial charge in [-0.2, -0.15) is 5.10 Å². The van der Waals surface area contributed by atoms with Crippen molar-refractivity contribution in [2.45, 2.75) is 20.4 Å². The second kappa shape index (κ2) is 5.28. The number of aryl methyl sites for hydroxylation is 2. The topological polar surface area (TPSA) is 80.0 Å². The highest BCUT2D eigenvalue weighted by atomic mass is 19.1. The number of carboxylic acids is 1. The van der Waals surface area contributed by atoms with Crippen molar-refractivity contribution in [2.24, 2.45) is 7.05 Å². The van der Waals surface area contributed by atoms with Crippen molar-refractivity contribution < 1.29 is 14.3 Å². The third-order valence-corrected chi connectivity index (χ3v) is 3.21. The zero-order valence-electron chi connectivity index (χ0n) is 11.4. The number of carboxylic acid groups (broad SMARTS) is 1. The molecule has 0 radical (unpaired) electrons. The van der Waals surface area contributed by atoms with Crippen LogP contribution < -0.4 is 5.32 Å². The van der Waals surface area contributed by atoms with Gasteiger partial charge in [-0.3, -0.25) is 4.68 Å². The maximum atomic E-state index is 13.9. The van der Waals surface area contributed by atoms with Gasteiger partial charge in [0.15, 0.2) is 11.6 Å². The summed E-state index contributed by atoms with van der Waals surface area (Å²) in [6, 6.07) is 1.13. The van der Waals surface area contributed by atoms with Crippen molar-refractivity contribution in [3.63, 3.8) is 0 Å². The summed E-state index contributed by atoms with van der Waals surface area (Å²) in [6.45, 7) is 4.11. The molecule has 0 aromatic carbocycles. The molecule has 0 fully saturated rings. The summed E-state index contributed by atoms with van der Waals surface area (Å²) >= 11 is 0. The molecule has 106 valence electrons. The number of nitrogens with one attached hydrogen (secondary N) is 1. The quantitative estimate of drug-likeness (QED) is 0.892. The number of aromatic nitrogens is 3. The van der Waals surface area contributed by atoms with Crippen LogP contribution in [0.2, 0.25) is 0 Å². The molecule has 0 atom stereocenters. The Morgan fingerprint density at radius 1 is 1.50 bits per heavy atom. The highest BCUT2D eigenvalue weighted by Gasteiger charge is 2.16. The van der Waals surface area contributed by atoms with Gasteiger partial charge in [0.25, 0.3) is 0 Å². The number of anilines is 1. The van der Waals surface area contributed by atoms with E-state index in [9.17, 15) is 9.18 Å². The number of nitrogens with zero attached hydrogens (tertiary/aromatic N) is 3. The SMILES string of the molecule is Cc1nn(C)c(C)c1CNc1nccc(C(=O)O)c1F. The summed E-state index contributed by atoms with van der Waals surface area (Å²) in [6.07, 6.45) is 1.26. The monoisotopic (exact) mass is 278 g/mol. The van der Waals surface area contributed by atoms with Gasteiger partial charge in [0.1, 0.15) is 5.56 Å². The van der Waals surface area contributed by atoms with Gasteiger partial charge < -0.3 is 10.4 Å². The highest BCUT2D eigenvalue weighted by Crippen LogP contribution is 2.18. The van der Waals surface area contributed by atoms with Crippen LogP contribution in [0.4, 0.5) is 10.2 Å². The van der Waals surface area contributed by atoms with Crippen molar-refractivity contribution >= 4 is 11.8 Å². The Hall–Kier alpha value is -2.44. The zero-order chi connectivity index (χ0) is 14.9. The predicted molar refractivity (Wildman–Crippen MR) is 71.2 cm³/mol. The van der Waals surface area contributed by atoms with Crippen molar-refractivity contribution in [1.29, 1.82) is 0 Å². The highest BCUT2D eigenvalue weighted by molar-refractivity contribution is 5.88. The molecule has 2 aromatic heterocycles. The number of pyridine rings is 1. The van der Waals surface area contributed by atoms with Gasteiger partial charge in [0, 0.05) is 31.0 Å². The summed E-state index contributed by atoms with van der Waals surface area (Å²) in [5.41, 5.74) is 2.34. The third kappa shape index (κ3) is 2.47. The minimum absolute atomic E-state index is 0.0763. The molecular weight excluding hydrogens is 263 g/mol. The molecule has 0 bridgehead atoms. The standard InChI is InChI=1S/C13H15FN4O2/c1-7-10(8(2)18(3)17-7)6-16-12-11(14)9(13(19)20)4-5-15-12/h4-5H,6H2,1-3H3,(H,15,16)(H,19,20). The number of rotatable bonds is 4. The normalized spacial score (nSPS) is 10.6. The maximum absolute atomic E-state index is 13.9. The van der Waals surface area contributed by atoms with E-state index in [0.29, 0.717) is 6.54 Å². The van der Waals surface area contributed by atoms with Gasteiger partial charge in [-0.05, 0) is 19.9 Å². The number of carbonyl (C=O) groups is 1. The van der Waals surface area contributed by atoms with Crippen molar-refractivity contribution in [1.82, 2.24) is 14.8 Å². The average Bonchev–Trinajstić information content (AvgIpc) is 2.62. The average molecular weight is 278 g/mol. The van der Waals surface area contributed by atoms with Crippen LogP contribution >= 0.6 is 0 Å². The molecule has 2 N–H and O–H groups in total. The first-order chi connectivity index (χ1) is 9.41. The Bertz CT molecular complexity index is 667. The van der Waals surface area contributed by atoms with Gasteiger partial charge in [-0.25, -0.2) is 14.2 Å². The molecule has 0 unspecified atom stereocenters. The van der Waals surface area contributed by atoms with E-state index < -0.39 is 17.3 Å². The first-order valence-corrected chi connectivity index (χ1v) is 6.02. The van der Waals surface area contributed by atoms with Crippen LogP contribution in [-0.2, 0) is 13.6 Å². The summed E-state index contributed by atoms with van der Waals surface area (Å²) in [5.74, 6) is -2.26. The molecule has 2 heterocycles. The van der Waals surface area contributed by atoms with E-state index in [1.165, 1.54) is 6.20 Å². The molecule has 0 spiro atoms. The Kier molecular flexibility index (Phi) is 3.69. The molecule has 0 aliphatic carbocycles. The van der Waals surface area contributed by atoms with E-state index in [1.54, 1.807) is 4.68 Å². The lowest BCUT2D eigenvalue weighted by molar-refractivity contribution is 0.0692. The minimum atomic E-state index is -1.32. The maximum Gasteiger partial charge on any atom is 0.338 e. The molecule has 0 aliphatic heterocycles. The van der Waals surface area contributed by atoms with Gasteiger partial charge in [-0.15, -0.1) is 0 Å².